The lowest BCUT2D eigenvalue weighted by molar-refractivity contribution is 0.0691. The summed E-state index contributed by atoms with van der Waals surface area (Å²) in [6.07, 6.45) is 1.84. The van der Waals surface area contributed by atoms with Crippen LogP contribution in [-0.2, 0) is 0 Å². The molecule has 0 amide bonds. The molecule has 0 saturated carbocycles. The maximum Gasteiger partial charge on any atom is 0.352 e. The predicted molar refractivity (Wildman–Crippen MR) is 57.1 cm³/mol. The summed E-state index contributed by atoms with van der Waals surface area (Å²) in [7, 11) is 0. The van der Waals surface area contributed by atoms with Crippen molar-refractivity contribution in [1.82, 2.24) is 9.97 Å². The average Bonchev–Trinajstić information content (AvgIpc) is 2.82. The van der Waals surface area contributed by atoms with Crippen molar-refractivity contribution >= 4 is 27.8 Å². The Kier molecular flexibility index (Phi) is 1.42. The quantitative estimate of drug-likeness (QED) is 0.564. The fraction of sp³-hybridized carbons (Fsp3) is 0. The van der Waals surface area contributed by atoms with Crippen LogP contribution in [0.4, 0.5) is 0 Å². The molecule has 1 aromatic carbocycles. The molecule has 4 nitrogen and oxygen atoms in total. The van der Waals surface area contributed by atoms with Gasteiger partial charge >= 0.3 is 5.97 Å². The number of benzene rings is 1. The Balaban J connectivity index is 2.46. The number of fused-ring (bicyclic) bond motifs is 3. The zero-order valence-electron chi connectivity index (χ0n) is 7.74. The molecule has 15 heavy (non-hydrogen) atoms. The van der Waals surface area contributed by atoms with Crippen LogP contribution in [0.1, 0.15) is 10.5 Å². The van der Waals surface area contributed by atoms with Crippen molar-refractivity contribution in [3.63, 3.8) is 0 Å². The SMILES string of the molecule is O=C(O)c1cc2c(ccc3[nH]ccc32)[nH]1. The minimum absolute atomic E-state index is 0.221. The van der Waals surface area contributed by atoms with Gasteiger partial charge in [0.25, 0.3) is 0 Å². The van der Waals surface area contributed by atoms with E-state index in [-0.39, 0.29) is 5.69 Å². The van der Waals surface area contributed by atoms with Crippen molar-refractivity contribution in [2.75, 3.05) is 0 Å². The monoisotopic (exact) mass is 200 g/mol. The Morgan fingerprint density at radius 3 is 2.73 bits per heavy atom. The van der Waals surface area contributed by atoms with Crippen LogP contribution in [0.5, 0.6) is 0 Å². The number of carboxylic acids is 1. The second kappa shape index (κ2) is 2.63. The maximum absolute atomic E-state index is 10.8. The van der Waals surface area contributed by atoms with Gasteiger partial charge in [-0.2, -0.15) is 0 Å². The highest BCUT2D eigenvalue weighted by molar-refractivity contribution is 6.08. The number of hydrogen-bond acceptors (Lipinski definition) is 1. The zero-order valence-corrected chi connectivity index (χ0v) is 7.74. The van der Waals surface area contributed by atoms with Crippen LogP contribution in [0, 0.1) is 0 Å². The van der Waals surface area contributed by atoms with Gasteiger partial charge in [0.1, 0.15) is 5.69 Å². The molecule has 0 radical (unpaired) electrons. The Morgan fingerprint density at radius 1 is 1.13 bits per heavy atom. The van der Waals surface area contributed by atoms with E-state index in [1.165, 1.54) is 0 Å². The van der Waals surface area contributed by atoms with E-state index in [1.807, 2.05) is 24.4 Å². The molecule has 0 aliphatic carbocycles. The Labute approximate surface area is 84.5 Å². The fourth-order valence-corrected chi connectivity index (χ4v) is 1.86. The zero-order chi connectivity index (χ0) is 10.4. The first-order valence-corrected chi connectivity index (χ1v) is 4.58. The van der Waals surface area contributed by atoms with Crippen molar-refractivity contribution < 1.29 is 9.90 Å². The number of rotatable bonds is 1. The fourth-order valence-electron chi connectivity index (χ4n) is 1.86. The number of aromatic carboxylic acids is 1. The van der Waals surface area contributed by atoms with Crippen LogP contribution in [-0.4, -0.2) is 21.0 Å². The molecule has 2 heterocycles. The summed E-state index contributed by atoms with van der Waals surface area (Å²) in [5.41, 5.74) is 2.08. The minimum Gasteiger partial charge on any atom is -0.477 e. The Bertz CT molecular complexity index is 663. The third-order valence-electron chi connectivity index (χ3n) is 2.56. The van der Waals surface area contributed by atoms with Gasteiger partial charge in [-0.05, 0) is 24.3 Å². The smallest absolute Gasteiger partial charge is 0.352 e. The van der Waals surface area contributed by atoms with Crippen LogP contribution >= 0.6 is 0 Å². The topological polar surface area (TPSA) is 68.9 Å². The van der Waals surface area contributed by atoms with Crippen LogP contribution in [0.25, 0.3) is 21.8 Å². The summed E-state index contributed by atoms with van der Waals surface area (Å²) >= 11 is 0. The van der Waals surface area contributed by atoms with E-state index >= 15 is 0 Å². The largest absolute Gasteiger partial charge is 0.477 e. The molecule has 0 spiro atoms. The molecule has 0 fully saturated rings. The standard InChI is InChI=1S/C11H8N2O2/c14-11(15)10-5-7-6-3-4-12-8(6)1-2-9(7)13-10/h1-5,12-13H,(H,14,15). The minimum atomic E-state index is -0.935. The number of hydrogen-bond donors (Lipinski definition) is 3. The molecule has 4 heteroatoms. The van der Waals surface area contributed by atoms with Gasteiger partial charge in [0.05, 0.1) is 0 Å². The van der Waals surface area contributed by atoms with Gasteiger partial charge in [0.2, 0.25) is 0 Å². The van der Waals surface area contributed by atoms with Crippen molar-refractivity contribution in [1.29, 1.82) is 0 Å². The molecule has 0 saturated heterocycles. The van der Waals surface area contributed by atoms with E-state index < -0.39 is 5.97 Å². The van der Waals surface area contributed by atoms with Crippen LogP contribution in [0.15, 0.2) is 30.5 Å². The third-order valence-corrected chi connectivity index (χ3v) is 2.56. The number of carbonyl (C=O) groups is 1. The normalized spacial score (nSPS) is 11.2. The highest BCUT2D eigenvalue weighted by Gasteiger charge is 2.09. The molecule has 0 aliphatic rings. The number of nitrogens with one attached hydrogen (secondary N) is 2. The first-order chi connectivity index (χ1) is 7.25. The van der Waals surface area contributed by atoms with Crippen molar-refractivity contribution in [3.05, 3.63) is 36.2 Å². The molecule has 3 rings (SSSR count). The summed E-state index contributed by atoms with van der Waals surface area (Å²) in [5.74, 6) is -0.935. The first kappa shape index (κ1) is 8.11. The first-order valence-electron chi connectivity index (χ1n) is 4.58. The molecule has 0 aliphatic heterocycles. The molecule has 0 bridgehead atoms. The van der Waals surface area contributed by atoms with Crippen molar-refractivity contribution in [2.45, 2.75) is 0 Å². The third kappa shape index (κ3) is 1.05. The molecule has 0 unspecified atom stereocenters. The second-order valence-electron chi connectivity index (χ2n) is 3.45. The summed E-state index contributed by atoms with van der Waals surface area (Å²) in [6, 6.07) is 7.41. The van der Waals surface area contributed by atoms with E-state index in [4.69, 9.17) is 5.11 Å². The maximum atomic E-state index is 10.8. The lowest BCUT2D eigenvalue weighted by atomic mass is 10.1. The van der Waals surface area contributed by atoms with E-state index in [1.54, 1.807) is 6.07 Å². The summed E-state index contributed by atoms with van der Waals surface area (Å²) in [5, 5.41) is 10.8. The summed E-state index contributed by atoms with van der Waals surface area (Å²) in [6.45, 7) is 0. The number of aromatic amines is 2. The van der Waals surface area contributed by atoms with Gasteiger partial charge in [-0.1, -0.05) is 0 Å². The van der Waals surface area contributed by atoms with E-state index in [0.29, 0.717) is 0 Å². The molecule has 74 valence electrons. The molecular formula is C11H8N2O2. The predicted octanol–water partition coefficient (Wildman–Crippen LogP) is 2.35. The second-order valence-corrected chi connectivity index (χ2v) is 3.45. The van der Waals surface area contributed by atoms with Crippen LogP contribution in [0.2, 0.25) is 0 Å². The summed E-state index contributed by atoms with van der Waals surface area (Å²) in [4.78, 5) is 16.8. The molecule has 0 atom stereocenters. The Morgan fingerprint density at radius 2 is 1.93 bits per heavy atom. The average molecular weight is 200 g/mol. The molecule has 3 aromatic rings. The molecule has 2 aromatic heterocycles. The molecule has 3 N–H and O–H groups in total. The van der Waals surface area contributed by atoms with E-state index in [2.05, 4.69) is 9.97 Å². The van der Waals surface area contributed by atoms with E-state index in [9.17, 15) is 4.79 Å². The van der Waals surface area contributed by atoms with Gasteiger partial charge in [0, 0.05) is 28.0 Å². The van der Waals surface area contributed by atoms with Gasteiger partial charge < -0.3 is 15.1 Å². The lowest BCUT2D eigenvalue weighted by Crippen LogP contribution is -1.94. The number of aromatic nitrogens is 2. The number of H-pyrrole nitrogens is 2. The lowest BCUT2D eigenvalue weighted by Gasteiger charge is -1.91. The highest BCUT2D eigenvalue weighted by Crippen LogP contribution is 2.25. The molecular weight excluding hydrogens is 192 g/mol. The number of carboxylic acid groups (broad SMARTS) is 1. The van der Waals surface area contributed by atoms with Crippen LogP contribution in [0.3, 0.4) is 0 Å². The van der Waals surface area contributed by atoms with E-state index in [0.717, 1.165) is 21.8 Å². The van der Waals surface area contributed by atoms with Gasteiger partial charge in [0.15, 0.2) is 0 Å². The van der Waals surface area contributed by atoms with Gasteiger partial charge in [-0.3, -0.25) is 0 Å². The van der Waals surface area contributed by atoms with Crippen molar-refractivity contribution in [3.8, 4) is 0 Å². The Hall–Kier alpha value is -2.23. The van der Waals surface area contributed by atoms with Gasteiger partial charge in [-0.15, -0.1) is 0 Å². The van der Waals surface area contributed by atoms with Gasteiger partial charge in [-0.25, -0.2) is 4.79 Å². The van der Waals surface area contributed by atoms with Crippen molar-refractivity contribution in [2.24, 2.45) is 0 Å². The van der Waals surface area contributed by atoms with Crippen LogP contribution < -0.4 is 0 Å². The highest BCUT2D eigenvalue weighted by atomic mass is 16.4. The summed E-state index contributed by atoms with van der Waals surface area (Å²) < 4.78 is 0.